The third-order valence-electron chi connectivity index (χ3n) is 5.19. The molecule has 1 amide bonds. The zero-order valence-corrected chi connectivity index (χ0v) is 17.0. The molecule has 0 N–H and O–H groups in total. The topological polar surface area (TPSA) is 43.9 Å². The summed E-state index contributed by atoms with van der Waals surface area (Å²) in [7, 11) is 0. The van der Waals surface area contributed by atoms with Crippen LogP contribution in [0.15, 0.2) is 54.6 Å². The number of rotatable bonds is 6. The van der Waals surface area contributed by atoms with Crippen LogP contribution in [0.3, 0.4) is 0 Å². The van der Waals surface area contributed by atoms with Crippen LogP contribution >= 0.6 is 0 Å². The molecule has 0 aromatic heterocycles. The Kier molecular flexibility index (Phi) is 6.47. The molecule has 0 radical (unpaired) electrons. The Morgan fingerprint density at radius 2 is 1.54 bits per heavy atom. The van der Waals surface area contributed by atoms with E-state index >= 15 is 0 Å². The number of benzene rings is 2. The maximum Gasteiger partial charge on any atom is 0.241 e. The number of nitrogens with zero attached hydrogens (tertiary/aromatic N) is 3. The summed E-state index contributed by atoms with van der Waals surface area (Å²) in [5, 5.41) is 0. The quantitative estimate of drug-likeness (QED) is 0.721. The second-order valence-corrected chi connectivity index (χ2v) is 7.56. The van der Waals surface area contributed by atoms with E-state index in [2.05, 4.69) is 9.80 Å². The van der Waals surface area contributed by atoms with Crippen LogP contribution in [0.5, 0.6) is 0 Å². The predicted octanol–water partition coefficient (Wildman–Crippen LogP) is 3.45. The van der Waals surface area contributed by atoms with Crippen LogP contribution in [-0.4, -0.2) is 55.4 Å². The number of hydrogen-bond acceptors (Lipinski definition) is 4. The molecule has 0 bridgehead atoms. The van der Waals surface area contributed by atoms with E-state index in [1.165, 1.54) is 0 Å². The number of carbonyl (C=O) groups is 2. The molecule has 1 saturated heterocycles. The monoisotopic (exact) mass is 379 g/mol. The number of hydrogen-bond donors (Lipinski definition) is 0. The summed E-state index contributed by atoms with van der Waals surface area (Å²) in [6.45, 7) is 9.56. The van der Waals surface area contributed by atoms with Crippen molar-refractivity contribution in [3.8, 4) is 0 Å². The molecule has 148 valence electrons. The molecule has 1 aliphatic rings. The summed E-state index contributed by atoms with van der Waals surface area (Å²) in [5.41, 5.74) is 2.82. The lowest BCUT2D eigenvalue weighted by atomic mass is 10.1. The fourth-order valence-corrected chi connectivity index (χ4v) is 3.66. The molecule has 0 unspecified atom stereocenters. The number of anilines is 2. The highest BCUT2D eigenvalue weighted by Crippen LogP contribution is 2.19. The van der Waals surface area contributed by atoms with Gasteiger partial charge in [-0.15, -0.1) is 0 Å². The molecule has 2 aromatic carbocycles. The van der Waals surface area contributed by atoms with Crippen molar-refractivity contribution in [1.29, 1.82) is 0 Å². The molecular weight excluding hydrogens is 350 g/mol. The molecule has 0 atom stereocenters. The van der Waals surface area contributed by atoms with Crippen LogP contribution in [0.1, 0.15) is 31.1 Å². The first-order valence-corrected chi connectivity index (χ1v) is 9.91. The average Bonchev–Trinajstić information content (AvgIpc) is 2.69. The maximum absolute atomic E-state index is 12.9. The normalized spacial score (nSPS) is 14.9. The molecule has 3 rings (SSSR count). The van der Waals surface area contributed by atoms with E-state index < -0.39 is 0 Å². The number of carbonyl (C=O) groups excluding carboxylic acids is 2. The fourth-order valence-electron chi connectivity index (χ4n) is 3.66. The van der Waals surface area contributed by atoms with Crippen molar-refractivity contribution in [2.24, 2.45) is 0 Å². The third kappa shape index (κ3) is 4.78. The minimum absolute atomic E-state index is 0.0861. The van der Waals surface area contributed by atoms with Crippen LogP contribution in [-0.2, 0) is 4.79 Å². The second kappa shape index (κ2) is 9.02. The summed E-state index contributed by atoms with van der Waals surface area (Å²) in [5.74, 6) is 0.225. The molecule has 0 spiro atoms. The highest BCUT2D eigenvalue weighted by atomic mass is 16.2. The SMILES string of the molecule is CC(=O)c1ccc(N2CCN(CC(=O)N(c3ccccc3)C(C)C)CC2)cc1. The molecular formula is C23H29N3O2. The molecule has 1 aliphatic heterocycles. The summed E-state index contributed by atoms with van der Waals surface area (Å²) in [6.07, 6.45) is 0. The molecule has 5 heteroatoms. The first-order chi connectivity index (χ1) is 13.5. The Morgan fingerprint density at radius 1 is 0.929 bits per heavy atom. The lowest BCUT2D eigenvalue weighted by Gasteiger charge is -2.37. The van der Waals surface area contributed by atoms with Crippen LogP contribution < -0.4 is 9.80 Å². The van der Waals surface area contributed by atoms with Gasteiger partial charge >= 0.3 is 0 Å². The number of Topliss-reactive ketones (excluding diaryl/α,β-unsaturated/α-hetero) is 1. The van der Waals surface area contributed by atoms with Gasteiger partial charge in [0.2, 0.25) is 5.91 Å². The van der Waals surface area contributed by atoms with E-state index in [-0.39, 0.29) is 17.7 Å². The third-order valence-corrected chi connectivity index (χ3v) is 5.19. The van der Waals surface area contributed by atoms with Gasteiger partial charge in [0.15, 0.2) is 5.78 Å². The van der Waals surface area contributed by atoms with E-state index in [0.29, 0.717) is 6.54 Å². The van der Waals surface area contributed by atoms with E-state index in [4.69, 9.17) is 0 Å². The van der Waals surface area contributed by atoms with E-state index in [0.717, 1.165) is 43.1 Å². The van der Waals surface area contributed by atoms with Gasteiger partial charge in [0.05, 0.1) is 6.54 Å². The first kappa shape index (κ1) is 20.1. The average molecular weight is 380 g/mol. The standard InChI is InChI=1S/C23H29N3O2/c1-18(2)26(22-7-5-4-6-8-22)23(28)17-24-13-15-25(16-14-24)21-11-9-20(10-12-21)19(3)27/h4-12,18H,13-17H2,1-3H3. The fraction of sp³-hybridized carbons (Fsp3) is 0.391. The van der Waals surface area contributed by atoms with E-state index in [9.17, 15) is 9.59 Å². The van der Waals surface area contributed by atoms with Crippen molar-refractivity contribution in [2.75, 3.05) is 42.5 Å². The van der Waals surface area contributed by atoms with Crippen molar-refractivity contribution in [3.05, 3.63) is 60.2 Å². The van der Waals surface area contributed by atoms with Gasteiger partial charge < -0.3 is 9.80 Å². The van der Waals surface area contributed by atoms with Gasteiger partial charge in [-0.05, 0) is 57.2 Å². The predicted molar refractivity (Wildman–Crippen MR) is 114 cm³/mol. The minimum Gasteiger partial charge on any atom is -0.369 e. The zero-order valence-electron chi connectivity index (χ0n) is 17.0. The van der Waals surface area contributed by atoms with Crippen molar-refractivity contribution in [2.45, 2.75) is 26.8 Å². The van der Waals surface area contributed by atoms with Gasteiger partial charge in [0.25, 0.3) is 0 Å². The largest absolute Gasteiger partial charge is 0.369 e. The summed E-state index contributed by atoms with van der Waals surface area (Å²) in [6, 6.07) is 17.8. The van der Waals surface area contributed by atoms with Crippen molar-refractivity contribution in [1.82, 2.24) is 4.90 Å². The Morgan fingerprint density at radius 3 is 2.07 bits per heavy atom. The number of amides is 1. The van der Waals surface area contributed by atoms with Crippen LogP contribution in [0.4, 0.5) is 11.4 Å². The zero-order chi connectivity index (χ0) is 20.1. The van der Waals surface area contributed by atoms with Gasteiger partial charge in [0, 0.05) is 49.2 Å². The molecule has 0 saturated carbocycles. The molecule has 28 heavy (non-hydrogen) atoms. The van der Waals surface area contributed by atoms with Gasteiger partial charge in [0.1, 0.15) is 0 Å². The first-order valence-electron chi connectivity index (χ1n) is 9.91. The van der Waals surface area contributed by atoms with Gasteiger partial charge in [-0.3, -0.25) is 14.5 Å². The lowest BCUT2D eigenvalue weighted by Crippen LogP contribution is -2.51. The van der Waals surface area contributed by atoms with Crippen molar-refractivity contribution < 1.29 is 9.59 Å². The maximum atomic E-state index is 12.9. The molecule has 1 fully saturated rings. The molecule has 1 heterocycles. The Hall–Kier alpha value is -2.66. The Bertz CT molecular complexity index is 794. The number of piperazine rings is 1. The Balaban J connectivity index is 1.57. The highest BCUT2D eigenvalue weighted by molar-refractivity contribution is 5.95. The van der Waals surface area contributed by atoms with Gasteiger partial charge in [-0.2, -0.15) is 0 Å². The van der Waals surface area contributed by atoms with E-state index in [1.54, 1.807) is 6.92 Å². The number of para-hydroxylation sites is 1. The number of ketones is 1. The van der Waals surface area contributed by atoms with Crippen molar-refractivity contribution >= 4 is 23.1 Å². The van der Waals surface area contributed by atoms with Gasteiger partial charge in [-0.1, -0.05) is 18.2 Å². The van der Waals surface area contributed by atoms with Crippen molar-refractivity contribution in [3.63, 3.8) is 0 Å². The van der Waals surface area contributed by atoms with Gasteiger partial charge in [-0.25, -0.2) is 0 Å². The Labute approximate surface area is 167 Å². The summed E-state index contributed by atoms with van der Waals surface area (Å²) >= 11 is 0. The minimum atomic E-state index is 0.0861. The summed E-state index contributed by atoms with van der Waals surface area (Å²) < 4.78 is 0. The molecule has 0 aliphatic carbocycles. The second-order valence-electron chi connectivity index (χ2n) is 7.56. The smallest absolute Gasteiger partial charge is 0.241 e. The van der Waals surface area contributed by atoms with Crippen LogP contribution in [0.2, 0.25) is 0 Å². The van der Waals surface area contributed by atoms with E-state index in [1.807, 2.05) is 73.3 Å². The van der Waals surface area contributed by atoms with Crippen LogP contribution in [0, 0.1) is 0 Å². The van der Waals surface area contributed by atoms with Crippen LogP contribution in [0.25, 0.3) is 0 Å². The molecule has 2 aromatic rings. The summed E-state index contributed by atoms with van der Waals surface area (Å²) in [4.78, 5) is 30.8. The molecule has 5 nitrogen and oxygen atoms in total. The lowest BCUT2D eigenvalue weighted by molar-refractivity contribution is -0.120. The highest BCUT2D eigenvalue weighted by Gasteiger charge is 2.24.